The molecule has 33 heavy (non-hydrogen) atoms. The Balaban J connectivity index is 2.09. The number of carbonyl (C=O) groups is 1. The van der Waals surface area contributed by atoms with Crippen LogP contribution in [0.25, 0.3) is 10.9 Å². The van der Waals surface area contributed by atoms with Gasteiger partial charge in [-0.15, -0.1) is 0 Å². The zero-order valence-corrected chi connectivity index (χ0v) is 21.7. The number of ether oxygens (including phenoxy) is 1. The molecule has 0 aliphatic carbocycles. The molecule has 3 rings (SSSR count). The van der Waals surface area contributed by atoms with Gasteiger partial charge in [0.25, 0.3) is 0 Å². The van der Waals surface area contributed by atoms with Gasteiger partial charge in [-0.3, -0.25) is 0 Å². The van der Waals surface area contributed by atoms with Gasteiger partial charge < -0.3 is 14.4 Å². The van der Waals surface area contributed by atoms with Crippen molar-refractivity contribution in [3.63, 3.8) is 0 Å². The first kappa shape index (κ1) is 24.9. The van der Waals surface area contributed by atoms with Crippen molar-refractivity contribution in [3.05, 3.63) is 62.4 Å². The Kier molecular flexibility index (Phi) is 7.88. The van der Waals surface area contributed by atoms with Crippen LogP contribution in [0.3, 0.4) is 0 Å². The lowest BCUT2D eigenvalue weighted by Gasteiger charge is -2.14. The van der Waals surface area contributed by atoms with Crippen LogP contribution in [0.4, 0.5) is 0 Å². The number of hydrogen-bond acceptors (Lipinski definition) is 6. The van der Waals surface area contributed by atoms with Crippen molar-refractivity contribution in [1.29, 1.82) is 5.26 Å². The summed E-state index contributed by atoms with van der Waals surface area (Å²) in [5.41, 5.74) is 5.39. The van der Waals surface area contributed by atoms with Crippen LogP contribution in [0.2, 0.25) is 0 Å². The Morgan fingerprint density at radius 3 is 2.76 bits per heavy atom. The number of aryl methyl sites for hydroxylation is 2. The van der Waals surface area contributed by atoms with E-state index < -0.39 is 5.97 Å². The minimum absolute atomic E-state index is 0.0502. The molecule has 0 amide bonds. The first-order valence-electron chi connectivity index (χ1n) is 10.6. The van der Waals surface area contributed by atoms with Crippen molar-refractivity contribution < 1.29 is 14.6 Å². The number of allylic oxidation sites excluding steroid dienone is 2. The van der Waals surface area contributed by atoms with Crippen molar-refractivity contribution in [1.82, 2.24) is 9.55 Å². The number of rotatable bonds is 7. The van der Waals surface area contributed by atoms with E-state index >= 15 is 0 Å². The van der Waals surface area contributed by atoms with Crippen molar-refractivity contribution in [2.45, 2.75) is 44.9 Å². The minimum Gasteiger partial charge on any atom is -0.507 e. The zero-order valence-electron chi connectivity index (χ0n) is 19.3. The molecule has 0 bridgehead atoms. The summed E-state index contributed by atoms with van der Waals surface area (Å²) in [5.74, 6) is 0.0177. The molecule has 1 aromatic carbocycles. The molecule has 0 saturated carbocycles. The summed E-state index contributed by atoms with van der Waals surface area (Å²) in [5, 5.41) is 21.3. The predicted molar refractivity (Wildman–Crippen MR) is 135 cm³/mol. The lowest BCUT2D eigenvalue weighted by atomic mass is 10.0. The van der Waals surface area contributed by atoms with E-state index in [0.717, 1.165) is 34.5 Å². The van der Waals surface area contributed by atoms with Gasteiger partial charge in [0.2, 0.25) is 0 Å². The van der Waals surface area contributed by atoms with Crippen molar-refractivity contribution in [2.24, 2.45) is 7.05 Å². The topological polar surface area (TPSA) is 88.1 Å². The Morgan fingerprint density at radius 2 is 2.12 bits per heavy atom. The summed E-state index contributed by atoms with van der Waals surface area (Å²) in [6.45, 7) is 7.89. The predicted octanol–water partition coefficient (Wildman–Crippen LogP) is 6.12. The highest BCUT2D eigenvalue weighted by Gasteiger charge is 2.24. The van der Waals surface area contributed by atoms with Gasteiger partial charge in [0, 0.05) is 29.6 Å². The molecule has 2 heterocycles. The molecule has 0 aliphatic heterocycles. The molecule has 1 N–H and O–H groups in total. The number of phenols is 1. The summed E-state index contributed by atoms with van der Waals surface area (Å²) in [6.07, 6.45) is 4.77. The summed E-state index contributed by atoms with van der Waals surface area (Å²) in [7, 11) is 1.87. The lowest BCUT2D eigenvalue weighted by Crippen LogP contribution is -2.09. The minimum atomic E-state index is -0.442. The maximum absolute atomic E-state index is 12.9. The average Bonchev–Trinajstić information content (AvgIpc) is 3.03. The van der Waals surface area contributed by atoms with E-state index in [-0.39, 0.29) is 12.4 Å². The van der Waals surface area contributed by atoms with E-state index in [1.807, 2.05) is 38.5 Å². The fourth-order valence-electron chi connectivity index (χ4n) is 3.87. The van der Waals surface area contributed by atoms with E-state index in [2.05, 4.69) is 28.1 Å². The van der Waals surface area contributed by atoms with E-state index in [9.17, 15) is 15.2 Å². The largest absolute Gasteiger partial charge is 0.507 e. The molecule has 0 atom stereocenters. The second kappa shape index (κ2) is 10.4. The fraction of sp³-hybridized carbons (Fsp3) is 0.320. The van der Waals surface area contributed by atoms with Gasteiger partial charge in [-0.05, 0) is 73.3 Å². The number of aromatic nitrogens is 2. The van der Waals surface area contributed by atoms with Crippen LogP contribution in [0, 0.1) is 25.2 Å². The van der Waals surface area contributed by atoms with Crippen LogP contribution < -0.4 is 0 Å². The first-order chi connectivity index (χ1) is 15.7. The molecular weight excluding hydrogens is 502 g/mol. The highest BCUT2D eigenvalue weighted by Crippen LogP contribution is 2.37. The number of benzene rings is 1. The van der Waals surface area contributed by atoms with E-state index in [1.54, 1.807) is 19.1 Å². The number of pyridine rings is 1. The number of thioether (sulfide) groups is 1. The van der Waals surface area contributed by atoms with Crippen molar-refractivity contribution in [3.8, 4) is 11.8 Å². The van der Waals surface area contributed by atoms with Crippen LogP contribution in [0.1, 0.15) is 52.3 Å². The monoisotopic (exact) mass is 527 g/mol. The van der Waals surface area contributed by atoms with Gasteiger partial charge in [-0.2, -0.15) is 5.26 Å². The number of nitrogens with zero attached hydrogens (tertiary/aromatic N) is 3. The molecule has 8 heteroatoms. The van der Waals surface area contributed by atoms with Gasteiger partial charge in [0.1, 0.15) is 16.8 Å². The van der Waals surface area contributed by atoms with Gasteiger partial charge >= 0.3 is 5.97 Å². The van der Waals surface area contributed by atoms with Crippen LogP contribution in [0.5, 0.6) is 5.75 Å². The number of carbonyl (C=O) groups excluding carboxylic acids is 1. The van der Waals surface area contributed by atoms with Crippen LogP contribution in [0.15, 0.2) is 33.8 Å². The number of halogens is 1. The number of hydrogen-bond donors (Lipinski definition) is 1. The van der Waals surface area contributed by atoms with Crippen LogP contribution in [-0.4, -0.2) is 27.2 Å². The summed E-state index contributed by atoms with van der Waals surface area (Å²) in [6, 6.07) is 5.67. The highest BCUT2D eigenvalue weighted by molar-refractivity contribution is 9.10. The molecule has 0 spiro atoms. The summed E-state index contributed by atoms with van der Waals surface area (Å²) in [4.78, 5) is 17.6. The zero-order chi connectivity index (χ0) is 24.3. The Bertz CT molecular complexity index is 1310. The normalized spacial score (nSPS) is 11.3. The summed E-state index contributed by atoms with van der Waals surface area (Å²) >= 11 is 4.77. The van der Waals surface area contributed by atoms with Crippen LogP contribution >= 0.6 is 27.7 Å². The third kappa shape index (κ3) is 4.80. The number of fused-ring (bicyclic) bond motifs is 1. The fourth-order valence-corrected chi connectivity index (χ4v) is 5.35. The maximum atomic E-state index is 12.9. The van der Waals surface area contributed by atoms with Crippen molar-refractivity contribution >= 4 is 44.6 Å². The molecule has 0 saturated heterocycles. The molecule has 3 aromatic rings. The molecule has 0 fully saturated rings. The standard InChI is InChI=1S/C25H26BrN3O3S/c1-6-8-9-16-14(3)18(12-27)24(28-15(16)4)33-13-21-23(25(31)32-7-2)17-10-22(30)19(26)11-20(17)29(21)5/h6,8,10-11,30H,7,9,13H2,1-5H3/b8-6+. The van der Waals surface area contributed by atoms with E-state index in [4.69, 9.17) is 9.72 Å². The molecular formula is C25H26BrN3O3S. The molecule has 2 aromatic heterocycles. The second-order valence-electron chi connectivity index (χ2n) is 7.58. The number of esters is 1. The number of aromatic hydroxyl groups is 1. The average molecular weight is 528 g/mol. The molecule has 0 unspecified atom stereocenters. The highest BCUT2D eigenvalue weighted by atomic mass is 79.9. The second-order valence-corrected chi connectivity index (χ2v) is 9.39. The Hall–Kier alpha value is -2.76. The third-order valence-corrected chi connectivity index (χ3v) is 7.25. The van der Waals surface area contributed by atoms with Gasteiger partial charge in [-0.1, -0.05) is 23.9 Å². The molecule has 6 nitrogen and oxygen atoms in total. The number of nitriles is 1. The van der Waals surface area contributed by atoms with Gasteiger partial charge in [-0.25, -0.2) is 9.78 Å². The van der Waals surface area contributed by atoms with E-state index in [1.165, 1.54) is 11.8 Å². The smallest absolute Gasteiger partial charge is 0.340 e. The Morgan fingerprint density at radius 1 is 1.39 bits per heavy atom. The van der Waals surface area contributed by atoms with Crippen LogP contribution in [-0.2, 0) is 24.0 Å². The molecule has 0 aliphatic rings. The lowest BCUT2D eigenvalue weighted by molar-refractivity contribution is 0.0527. The quantitative estimate of drug-likeness (QED) is 0.226. The van der Waals surface area contributed by atoms with E-state index in [0.29, 0.717) is 31.8 Å². The Labute approximate surface area is 206 Å². The maximum Gasteiger partial charge on any atom is 0.340 e. The van der Waals surface area contributed by atoms with Crippen molar-refractivity contribution in [2.75, 3.05) is 6.61 Å². The first-order valence-corrected chi connectivity index (χ1v) is 12.3. The molecule has 172 valence electrons. The van der Waals surface area contributed by atoms with Gasteiger partial charge in [0.15, 0.2) is 0 Å². The van der Waals surface area contributed by atoms with Gasteiger partial charge in [0.05, 0.1) is 27.7 Å². The SMILES string of the molecule is C/C=C/Cc1c(C)nc(SCc2c(C(=O)OCC)c3cc(O)c(Br)cc3n2C)c(C#N)c1C. The molecule has 0 radical (unpaired) electrons. The third-order valence-electron chi connectivity index (χ3n) is 5.63. The number of phenolic OH excluding ortho intramolecular Hbond substituents is 1. The summed E-state index contributed by atoms with van der Waals surface area (Å²) < 4.78 is 7.78.